The van der Waals surface area contributed by atoms with Crippen LogP contribution in [0.3, 0.4) is 0 Å². The van der Waals surface area contributed by atoms with Gasteiger partial charge in [-0.3, -0.25) is 9.78 Å². The number of hydrogen-bond donors (Lipinski definition) is 3. The van der Waals surface area contributed by atoms with Crippen LogP contribution in [-0.4, -0.2) is 33.0 Å². The van der Waals surface area contributed by atoms with Crippen molar-refractivity contribution in [2.24, 2.45) is 0 Å². The first-order valence-corrected chi connectivity index (χ1v) is 6.69. The Labute approximate surface area is 132 Å². The lowest BCUT2D eigenvalue weighted by Gasteiger charge is -2.08. The number of hydrogen-bond acceptors (Lipinski definition) is 4. The standard InChI is InChI=1S/C14H9BrN2O5/c15-10-2-9(5-16-6-10)12(18)17-11-3-7(13(19)20)1-8(4-11)14(21)22/h1-6H,(H,17,18)(H,19,20)(H,21,22). The molecule has 0 radical (unpaired) electrons. The number of carboxylic acids is 2. The smallest absolute Gasteiger partial charge is 0.335 e. The maximum Gasteiger partial charge on any atom is 0.335 e. The maximum absolute atomic E-state index is 12.1. The van der Waals surface area contributed by atoms with Crippen LogP contribution in [0, 0.1) is 0 Å². The van der Waals surface area contributed by atoms with E-state index in [-0.39, 0.29) is 22.4 Å². The molecular formula is C14H9BrN2O5. The molecule has 0 unspecified atom stereocenters. The molecule has 1 aromatic carbocycles. The van der Waals surface area contributed by atoms with E-state index in [1.807, 2.05) is 0 Å². The summed E-state index contributed by atoms with van der Waals surface area (Å²) in [5.41, 5.74) is -0.153. The molecule has 8 heteroatoms. The van der Waals surface area contributed by atoms with Crippen LogP contribution in [0.2, 0.25) is 0 Å². The summed E-state index contributed by atoms with van der Waals surface area (Å²) in [6, 6.07) is 4.90. The van der Waals surface area contributed by atoms with Gasteiger partial charge in [-0.1, -0.05) is 0 Å². The molecule has 0 aliphatic carbocycles. The van der Waals surface area contributed by atoms with Crippen molar-refractivity contribution in [2.45, 2.75) is 0 Å². The van der Waals surface area contributed by atoms with E-state index in [0.717, 1.165) is 6.07 Å². The quantitative estimate of drug-likeness (QED) is 0.767. The van der Waals surface area contributed by atoms with E-state index in [1.54, 1.807) is 0 Å². The van der Waals surface area contributed by atoms with E-state index >= 15 is 0 Å². The van der Waals surface area contributed by atoms with Gasteiger partial charge in [0.25, 0.3) is 5.91 Å². The van der Waals surface area contributed by atoms with E-state index < -0.39 is 17.8 Å². The van der Waals surface area contributed by atoms with Crippen LogP contribution >= 0.6 is 15.9 Å². The monoisotopic (exact) mass is 364 g/mol. The molecule has 0 spiro atoms. The van der Waals surface area contributed by atoms with Crippen molar-refractivity contribution in [1.29, 1.82) is 0 Å². The number of carbonyl (C=O) groups excluding carboxylic acids is 1. The summed E-state index contributed by atoms with van der Waals surface area (Å²) in [6.45, 7) is 0. The number of rotatable bonds is 4. The maximum atomic E-state index is 12.1. The fourth-order valence-corrected chi connectivity index (χ4v) is 2.05. The molecule has 1 amide bonds. The summed E-state index contributed by atoms with van der Waals surface area (Å²) in [4.78, 5) is 37.9. The third kappa shape index (κ3) is 3.67. The zero-order valence-corrected chi connectivity index (χ0v) is 12.5. The van der Waals surface area contributed by atoms with E-state index in [9.17, 15) is 14.4 Å². The number of nitrogens with zero attached hydrogens (tertiary/aromatic N) is 1. The lowest BCUT2D eigenvalue weighted by Crippen LogP contribution is -2.14. The molecule has 2 rings (SSSR count). The normalized spacial score (nSPS) is 10.0. The second kappa shape index (κ2) is 6.35. The zero-order chi connectivity index (χ0) is 16.3. The molecule has 2 aromatic rings. The molecule has 0 fully saturated rings. The van der Waals surface area contributed by atoms with Crippen molar-refractivity contribution in [1.82, 2.24) is 4.98 Å². The number of aromatic nitrogens is 1. The predicted octanol–water partition coefficient (Wildman–Crippen LogP) is 2.49. The molecular weight excluding hydrogens is 356 g/mol. The second-order valence-corrected chi connectivity index (χ2v) is 5.17. The third-order valence-corrected chi connectivity index (χ3v) is 3.09. The Hall–Kier alpha value is -2.74. The summed E-state index contributed by atoms with van der Waals surface area (Å²) >= 11 is 3.18. The molecule has 3 N–H and O–H groups in total. The highest BCUT2D eigenvalue weighted by Gasteiger charge is 2.14. The van der Waals surface area contributed by atoms with Crippen LogP contribution in [0.1, 0.15) is 31.1 Å². The molecule has 7 nitrogen and oxygen atoms in total. The van der Waals surface area contributed by atoms with Crippen LogP contribution in [0.15, 0.2) is 41.1 Å². The number of benzene rings is 1. The molecule has 0 saturated carbocycles. The summed E-state index contributed by atoms with van der Waals surface area (Å²) < 4.78 is 0.602. The minimum Gasteiger partial charge on any atom is -0.478 e. The van der Waals surface area contributed by atoms with Gasteiger partial charge in [0.2, 0.25) is 0 Å². The second-order valence-electron chi connectivity index (χ2n) is 4.26. The molecule has 1 heterocycles. The molecule has 112 valence electrons. The summed E-state index contributed by atoms with van der Waals surface area (Å²) in [7, 11) is 0. The highest BCUT2D eigenvalue weighted by atomic mass is 79.9. The lowest BCUT2D eigenvalue weighted by atomic mass is 10.1. The van der Waals surface area contributed by atoms with Crippen LogP contribution in [0.5, 0.6) is 0 Å². The van der Waals surface area contributed by atoms with Crippen molar-refractivity contribution >= 4 is 39.5 Å². The van der Waals surface area contributed by atoms with Gasteiger partial charge in [-0.25, -0.2) is 9.59 Å². The molecule has 0 aliphatic rings. The number of halogens is 1. The number of carbonyl (C=O) groups is 3. The topological polar surface area (TPSA) is 117 Å². The van der Waals surface area contributed by atoms with Crippen molar-refractivity contribution in [3.05, 3.63) is 57.8 Å². The Kier molecular flexibility index (Phi) is 4.52. The van der Waals surface area contributed by atoms with Gasteiger partial charge in [0.15, 0.2) is 0 Å². The zero-order valence-electron chi connectivity index (χ0n) is 10.9. The van der Waals surface area contributed by atoms with Crippen LogP contribution in [-0.2, 0) is 0 Å². The van der Waals surface area contributed by atoms with Crippen molar-refractivity contribution in [3.63, 3.8) is 0 Å². The predicted molar refractivity (Wildman–Crippen MR) is 80.3 cm³/mol. The van der Waals surface area contributed by atoms with Gasteiger partial charge in [-0.2, -0.15) is 0 Å². The van der Waals surface area contributed by atoms with Gasteiger partial charge >= 0.3 is 11.9 Å². The Balaban J connectivity index is 2.34. The van der Waals surface area contributed by atoms with Gasteiger partial charge in [-0.15, -0.1) is 0 Å². The van der Waals surface area contributed by atoms with E-state index in [4.69, 9.17) is 10.2 Å². The molecule has 0 saturated heterocycles. The first-order chi connectivity index (χ1) is 10.4. The first-order valence-electron chi connectivity index (χ1n) is 5.90. The van der Waals surface area contributed by atoms with Crippen LogP contribution in [0.4, 0.5) is 5.69 Å². The minimum atomic E-state index is -1.29. The van der Waals surface area contributed by atoms with Crippen molar-refractivity contribution < 1.29 is 24.6 Å². The Morgan fingerprint density at radius 3 is 2.00 bits per heavy atom. The number of carboxylic acid groups (broad SMARTS) is 2. The SMILES string of the molecule is O=C(O)c1cc(NC(=O)c2cncc(Br)c2)cc(C(=O)O)c1. The first kappa shape index (κ1) is 15.6. The van der Waals surface area contributed by atoms with Gasteiger partial charge in [0.05, 0.1) is 16.7 Å². The highest BCUT2D eigenvalue weighted by molar-refractivity contribution is 9.10. The Morgan fingerprint density at radius 2 is 1.50 bits per heavy atom. The lowest BCUT2D eigenvalue weighted by molar-refractivity contribution is 0.0696. The van der Waals surface area contributed by atoms with E-state index in [1.165, 1.54) is 30.6 Å². The highest BCUT2D eigenvalue weighted by Crippen LogP contribution is 2.17. The Bertz CT molecular complexity index is 743. The molecule has 1 aromatic heterocycles. The molecule has 22 heavy (non-hydrogen) atoms. The largest absolute Gasteiger partial charge is 0.478 e. The van der Waals surface area contributed by atoms with Crippen molar-refractivity contribution in [2.75, 3.05) is 5.32 Å². The average molecular weight is 365 g/mol. The minimum absolute atomic E-state index is 0.0716. The van der Waals surface area contributed by atoms with Gasteiger partial charge in [0, 0.05) is 22.6 Å². The fraction of sp³-hybridized carbons (Fsp3) is 0. The van der Waals surface area contributed by atoms with E-state index in [2.05, 4.69) is 26.2 Å². The average Bonchev–Trinajstić information content (AvgIpc) is 2.46. The molecule has 0 aliphatic heterocycles. The number of pyridine rings is 1. The van der Waals surface area contributed by atoms with Gasteiger partial charge in [-0.05, 0) is 40.2 Å². The molecule has 0 bridgehead atoms. The van der Waals surface area contributed by atoms with Crippen LogP contribution in [0.25, 0.3) is 0 Å². The van der Waals surface area contributed by atoms with Gasteiger partial charge in [0.1, 0.15) is 0 Å². The number of nitrogens with one attached hydrogen (secondary N) is 1. The van der Waals surface area contributed by atoms with Crippen molar-refractivity contribution in [3.8, 4) is 0 Å². The van der Waals surface area contributed by atoms with Gasteiger partial charge < -0.3 is 15.5 Å². The number of anilines is 1. The third-order valence-electron chi connectivity index (χ3n) is 2.65. The van der Waals surface area contributed by atoms with Crippen LogP contribution < -0.4 is 5.32 Å². The molecule has 0 atom stereocenters. The number of aromatic carboxylic acids is 2. The van der Waals surface area contributed by atoms with E-state index in [0.29, 0.717) is 4.47 Å². The summed E-state index contributed by atoms with van der Waals surface area (Å²) in [6.07, 6.45) is 2.84. The number of amides is 1. The summed E-state index contributed by atoms with van der Waals surface area (Å²) in [5.74, 6) is -3.11. The fourth-order valence-electron chi connectivity index (χ4n) is 1.69. The Morgan fingerprint density at radius 1 is 0.909 bits per heavy atom. The summed E-state index contributed by atoms with van der Waals surface area (Å²) in [5, 5.41) is 20.4.